The van der Waals surface area contributed by atoms with Gasteiger partial charge in [-0.3, -0.25) is 9.59 Å². The maximum atomic E-state index is 13.6. The molecule has 0 bridgehead atoms. The summed E-state index contributed by atoms with van der Waals surface area (Å²) in [4.78, 5) is 27.6. The van der Waals surface area contributed by atoms with Gasteiger partial charge in [-0.15, -0.1) is 11.3 Å². The van der Waals surface area contributed by atoms with Crippen LogP contribution < -0.4 is 10.1 Å². The van der Waals surface area contributed by atoms with Crippen LogP contribution in [0.4, 0.5) is 4.39 Å². The lowest BCUT2D eigenvalue weighted by molar-refractivity contribution is -0.125. The molecule has 144 valence electrons. The van der Waals surface area contributed by atoms with Crippen LogP contribution in [-0.2, 0) is 4.79 Å². The van der Waals surface area contributed by atoms with Crippen molar-refractivity contribution in [2.75, 3.05) is 13.7 Å². The van der Waals surface area contributed by atoms with Crippen molar-refractivity contribution >= 4 is 34.8 Å². The number of amides is 2. The van der Waals surface area contributed by atoms with Crippen LogP contribution in [0.5, 0.6) is 5.75 Å². The lowest BCUT2D eigenvalue weighted by atomic mass is 10.1. The zero-order valence-corrected chi connectivity index (χ0v) is 16.6. The van der Waals surface area contributed by atoms with Gasteiger partial charge in [-0.25, -0.2) is 4.39 Å². The zero-order chi connectivity index (χ0) is 19.6. The molecule has 1 aliphatic rings. The molecule has 0 spiro atoms. The van der Waals surface area contributed by atoms with Gasteiger partial charge in [0, 0.05) is 12.1 Å². The smallest absolute Gasteiger partial charge is 0.264 e. The molecule has 0 aliphatic carbocycles. The number of hydrogen-bond donors (Lipinski definition) is 1. The van der Waals surface area contributed by atoms with Crippen molar-refractivity contribution in [2.24, 2.45) is 0 Å². The molecule has 8 heteroatoms. The second-order valence-electron chi connectivity index (χ2n) is 6.38. The summed E-state index contributed by atoms with van der Waals surface area (Å²) < 4.78 is 19.4. The van der Waals surface area contributed by atoms with E-state index >= 15 is 0 Å². The average molecular weight is 411 g/mol. The maximum Gasteiger partial charge on any atom is 0.264 e. The highest BCUT2D eigenvalue weighted by Gasteiger charge is 2.35. The van der Waals surface area contributed by atoms with Crippen molar-refractivity contribution in [1.29, 1.82) is 0 Å². The first-order valence-electron chi connectivity index (χ1n) is 8.61. The second kappa shape index (κ2) is 8.27. The molecule has 2 amide bonds. The van der Waals surface area contributed by atoms with Crippen LogP contribution in [0.1, 0.15) is 41.0 Å². The number of halogens is 2. The molecule has 0 saturated carbocycles. The number of nitrogens with one attached hydrogen (secondary N) is 1. The third-order valence-corrected chi connectivity index (χ3v) is 5.84. The van der Waals surface area contributed by atoms with Crippen molar-refractivity contribution in [3.8, 4) is 5.75 Å². The normalized spacial score (nSPS) is 17.6. The average Bonchev–Trinajstić information content (AvgIpc) is 3.30. The van der Waals surface area contributed by atoms with Gasteiger partial charge in [0.15, 0.2) is 0 Å². The molecule has 2 aromatic rings. The molecule has 0 radical (unpaired) electrons. The number of nitrogens with zero attached hydrogens (tertiary/aromatic N) is 1. The minimum atomic E-state index is -0.555. The van der Waals surface area contributed by atoms with E-state index in [0.717, 1.165) is 6.42 Å². The summed E-state index contributed by atoms with van der Waals surface area (Å²) in [6, 6.07) is 6.50. The molecule has 2 heterocycles. The molecule has 5 nitrogen and oxygen atoms in total. The maximum absolute atomic E-state index is 13.6. The lowest BCUT2D eigenvalue weighted by Crippen LogP contribution is -2.46. The summed E-state index contributed by atoms with van der Waals surface area (Å²) in [5, 5.41) is 2.88. The SMILES string of the molecule is COc1ccc(F)cc1[C@H](C)NC(=O)[C@@H]1CCCN1C(=O)c1ccc(Cl)s1. The van der Waals surface area contributed by atoms with E-state index in [2.05, 4.69) is 5.32 Å². The van der Waals surface area contributed by atoms with E-state index < -0.39 is 17.9 Å². The number of thiophene rings is 1. The number of hydrogen-bond acceptors (Lipinski definition) is 4. The van der Waals surface area contributed by atoms with Crippen molar-refractivity contribution in [1.82, 2.24) is 10.2 Å². The Morgan fingerprint density at radius 3 is 2.81 bits per heavy atom. The monoisotopic (exact) mass is 410 g/mol. The number of methoxy groups -OCH3 is 1. The Bertz CT molecular complexity index is 857. The first-order valence-corrected chi connectivity index (χ1v) is 9.80. The van der Waals surface area contributed by atoms with E-state index in [1.165, 1.54) is 36.6 Å². The van der Waals surface area contributed by atoms with E-state index in [-0.39, 0.29) is 11.8 Å². The third kappa shape index (κ3) is 4.25. The highest BCUT2D eigenvalue weighted by molar-refractivity contribution is 7.17. The molecule has 1 aromatic heterocycles. The number of rotatable bonds is 5. The summed E-state index contributed by atoms with van der Waals surface area (Å²) in [5.41, 5.74) is 0.548. The Morgan fingerprint density at radius 1 is 1.37 bits per heavy atom. The summed E-state index contributed by atoms with van der Waals surface area (Å²) in [6.07, 6.45) is 1.34. The van der Waals surface area contributed by atoms with Gasteiger partial charge >= 0.3 is 0 Å². The van der Waals surface area contributed by atoms with Crippen LogP contribution in [0, 0.1) is 5.82 Å². The van der Waals surface area contributed by atoms with Crippen molar-refractivity contribution in [3.63, 3.8) is 0 Å². The predicted octanol–water partition coefficient (Wildman–Crippen LogP) is 4.03. The van der Waals surface area contributed by atoms with Crippen LogP contribution in [0.3, 0.4) is 0 Å². The number of carbonyl (C=O) groups excluding carboxylic acids is 2. The van der Waals surface area contributed by atoms with E-state index in [1.807, 2.05) is 0 Å². The molecule has 1 aromatic carbocycles. The van der Waals surface area contributed by atoms with E-state index in [0.29, 0.717) is 33.5 Å². The van der Waals surface area contributed by atoms with Gasteiger partial charge in [0.05, 0.1) is 22.4 Å². The number of ether oxygens (including phenoxy) is 1. The summed E-state index contributed by atoms with van der Waals surface area (Å²) >= 11 is 7.11. The number of benzene rings is 1. The van der Waals surface area contributed by atoms with Crippen molar-refractivity contribution < 1.29 is 18.7 Å². The highest BCUT2D eigenvalue weighted by Crippen LogP contribution is 2.29. The Kier molecular flexibility index (Phi) is 6.01. The molecule has 1 aliphatic heterocycles. The minimum absolute atomic E-state index is 0.194. The Morgan fingerprint density at radius 2 is 2.15 bits per heavy atom. The standard InChI is InChI=1S/C19H20ClFN2O3S/c1-11(13-10-12(21)5-6-15(13)26-2)22-18(24)14-4-3-9-23(14)19(25)16-7-8-17(20)27-16/h5-8,10-11,14H,3-4,9H2,1-2H3,(H,22,24)/t11-,14-/m0/s1. The van der Waals surface area contributed by atoms with Gasteiger partial charge in [-0.2, -0.15) is 0 Å². The van der Waals surface area contributed by atoms with Crippen LogP contribution >= 0.6 is 22.9 Å². The Balaban J connectivity index is 1.73. The molecule has 1 saturated heterocycles. The fourth-order valence-electron chi connectivity index (χ4n) is 3.28. The predicted molar refractivity (Wildman–Crippen MR) is 103 cm³/mol. The van der Waals surface area contributed by atoms with Crippen molar-refractivity contribution in [3.05, 3.63) is 50.9 Å². The molecule has 1 fully saturated rings. The van der Waals surface area contributed by atoms with Crippen LogP contribution in [0.15, 0.2) is 30.3 Å². The van der Waals surface area contributed by atoms with Gasteiger partial charge in [0.2, 0.25) is 5.91 Å². The second-order valence-corrected chi connectivity index (χ2v) is 8.09. The van der Waals surface area contributed by atoms with Gasteiger partial charge < -0.3 is 15.0 Å². The molecule has 0 unspecified atom stereocenters. The molecular formula is C19H20ClFN2O3S. The molecule has 27 heavy (non-hydrogen) atoms. The largest absolute Gasteiger partial charge is 0.496 e. The minimum Gasteiger partial charge on any atom is -0.496 e. The van der Waals surface area contributed by atoms with E-state index in [1.54, 1.807) is 24.0 Å². The third-order valence-electron chi connectivity index (χ3n) is 4.62. The highest BCUT2D eigenvalue weighted by atomic mass is 35.5. The lowest BCUT2D eigenvalue weighted by Gasteiger charge is -2.25. The van der Waals surface area contributed by atoms with Crippen LogP contribution in [0.25, 0.3) is 0 Å². The van der Waals surface area contributed by atoms with Crippen LogP contribution in [0.2, 0.25) is 4.34 Å². The quantitative estimate of drug-likeness (QED) is 0.809. The fourth-order valence-corrected chi connectivity index (χ4v) is 4.28. The van der Waals surface area contributed by atoms with Gasteiger partial charge in [0.1, 0.15) is 17.6 Å². The fraction of sp³-hybridized carbons (Fsp3) is 0.368. The zero-order valence-electron chi connectivity index (χ0n) is 15.0. The topological polar surface area (TPSA) is 58.6 Å². The van der Waals surface area contributed by atoms with Gasteiger partial charge in [-0.1, -0.05) is 11.6 Å². The molecule has 1 N–H and O–H groups in total. The molecule has 3 rings (SSSR count). The summed E-state index contributed by atoms with van der Waals surface area (Å²) in [5.74, 6) is -0.362. The van der Waals surface area contributed by atoms with Gasteiger partial charge in [0.25, 0.3) is 5.91 Å². The first-order chi connectivity index (χ1) is 12.9. The summed E-state index contributed by atoms with van der Waals surface area (Å²) in [7, 11) is 1.49. The first kappa shape index (κ1) is 19.6. The Labute approximate surface area is 166 Å². The van der Waals surface area contributed by atoms with Crippen molar-refractivity contribution in [2.45, 2.75) is 31.8 Å². The molecule has 2 atom stereocenters. The van der Waals surface area contributed by atoms with E-state index in [9.17, 15) is 14.0 Å². The molecular weight excluding hydrogens is 391 g/mol. The van der Waals surface area contributed by atoms with Gasteiger partial charge in [-0.05, 0) is 50.1 Å². The van der Waals surface area contributed by atoms with Crippen LogP contribution in [-0.4, -0.2) is 36.4 Å². The number of likely N-dealkylation sites (tertiary alicyclic amines) is 1. The van der Waals surface area contributed by atoms with E-state index in [4.69, 9.17) is 16.3 Å². The number of carbonyl (C=O) groups is 2. The summed E-state index contributed by atoms with van der Waals surface area (Å²) in [6.45, 7) is 2.28. The Hall–Kier alpha value is -2.12.